The minimum atomic E-state index is 0.197. The molecule has 0 radical (unpaired) electrons. The summed E-state index contributed by atoms with van der Waals surface area (Å²) in [5.74, 6) is 1.66. The average molecular weight is 295 g/mol. The summed E-state index contributed by atoms with van der Waals surface area (Å²) < 4.78 is 16.6. The Morgan fingerprint density at radius 1 is 1.19 bits per heavy atom. The molecule has 1 unspecified atom stereocenters. The Kier molecular flexibility index (Phi) is 8.87. The highest BCUT2D eigenvalue weighted by molar-refractivity contribution is 5.43. The van der Waals surface area contributed by atoms with E-state index in [-0.39, 0.29) is 6.10 Å². The van der Waals surface area contributed by atoms with Gasteiger partial charge in [0.25, 0.3) is 0 Å². The van der Waals surface area contributed by atoms with Crippen LogP contribution >= 0.6 is 0 Å². The van der Waals surface area contributed by atoms with Gasteiger partial charge in [-0.25, -0.2) is 0 Å². The lowest BCUT2D eigenvalue weighted by Gasteiger charge is -2.17. The van der Waals surface area contributed by atoms with Crippen LogP contribution in [0.4, 0.5) is 0 Å². The van der Waals surface area contributed by atoms with Crippen LogP contribution in [0.5, 0.6) is 11.5 Å². The molecular formula is C17H29NO3. The average Bonchev–Trinajstić information content (AvgIpc) is 2.49. The van der Waals surface area contributed by atoms with Gasteiger partial charge in [0.1, 0.15) is 0 Å². The third-order valence-corrected chi connectivity index (χ3v) is 3.24. The minimum absolute atomic E-state index is 0.197. The first-order valence-corrected chi connectivity index (χ1v) is 7.83. The first kappa shape index (κ1) is 17.8. The largest absolute Gasteiger partial charge is 0.490 e. The van der Waals surface area contributed by atoms with E-state index in [9.17, 15) is 0 Å². The number of benzene rings is 1. The van der Waals surface area contributed by atoms with Gasteiger partial charge < -0.3 is 19.5 Å². The second kappa shape index (κ2) is 10.5. The van der Waals surface area contributed by atoms with Gasteiger partial charge in [-0.1, -0.05) is 13.0 Å². The van der Waals surface area contributed by atoms with Crippen molar-refractivity contribution >= 4 is 0 Å². The fourth-order valence-corrected chi connectivity index (χ4v) is 1.90. The van der Waals surface area contributed by atoms with Crippen LogP contribution in [0.25, 0.3) is 0 Å². The van der Waals surface area contributed by atoms with Crippen LogP contribution < -0.4 is 14.8 Å². The molecule has 4 heteroatoms. The standard InChI is InChI=1S/C17H29NO3/c1-5-14(3)21-16-9-8-15(12-17(16)20-6-2)13-18-10-7-11-19-4/h8-9,12,14,18H,5-7,10-11,13H2,1-4H3. The summed E-state index contributed by atoms with van der Waals surface area (Å²) in [6.07, 6.45) is 2.19. The smallest absolute Gasteiger partial charge is 0.161 e. The predicted molar refractivity (Wildman–Crippen MR) is 86.2 cm³/mol. The number of ether oxygens (including phenoxy) is 3. The van der Waals surface area contributed by atoms with Crippen molar-refractivity contribution in [2.75, 3.05) is 26.9 Å². The Bertz CT molecular complexity index is 396. The Morgan fingerprint density at radius 2 is 2.00 bits per heavy atom. The molecule has 0 amide bonds. The normalized spacial score (nSPS) is 12.2. The lowest BCUT2D eigenvalue weighted by atomic mass is 10.2. The molecule has 0 saturated carbocycles. The lowest BCUT2D eigenvalue weighted by Crippen LogP contribution is -2.16. The van der Waals surface area contributed by atoms with Crippen LogP contribution in [-0.4, -0.2) is 33.0 Å². The molecule has 1 rings (SSSR count). The monoisotopic (exact) mass is 295 g/mol. The molecule has 0 spiro atoms. The molecule has 0 bridgehead atoms. The van der Waals surface area contributed by atoms with Gasteiger partial charge in [0.15, 0.2) is 11.5 Å². The summed E-state index contributed by atoms with van der Waals surface area (Å²) in [5, 5.41) is 3.40. The van der Waals surface area contributed by atoms with Crippen LogP contribution in [0.2, 0.25) is 0 Å². The summed E-state index contributed by atoms with van der Waals surface area (Å²) in [7, 11) is 1.73. The molecule has 21 heavy (non-hydrogen) atoms. The quantitative estimate of drug-likeness (QED) is 0.635. The Labute approximate surface area is 128 Å². The van der Waals surface area contributed by atoms with Gasteiger partial charge in [0.05, 0.1) is 12.7 Å². The van der Waals surface area contributed by atoms with E-state index in [1.165, 1.54) is 5.56 Å². The van der Waals surface area contributed by atoms with Crippen molar-refractivity contribution in [2.45, 2.75) is 46.3 Å². The number of hydrogen-bond acceptors (Lipinski definition) is 4. The summed E-state index contributed by atoms with van der Waals surface area (Å²) in [6.45, 7) is 9.38. The maximum atomic E-state index is 5.90. The van der Waals surface area contributed by atoms with Gasteiger partial charge in [-0.2, -0.15) is 0 Å². The van der Waals surface area contributed by atoms with E-state index in [0.29, 0.717) is 6.61 Å². The molecule has 1 atom stereocenters. The zero-order chi connectivity index (χ0) is 15.5. The van der Waals surface area contributed by atoms with E-state index in [4.69, 9.17) is 14.2 Å². The van der Waals surface area contributed by atoms with Crippen molar-refractivity contribution in [3.8, 4) is 11.5 Å². The zero-order valence-corrected chi connectivity index (χ0v) is 13.8. The van der Waals surface area contributed by atoms with Crippen LogP contribution in [0.1, 0.15) is 39.2 Å². The Hall–Kier alpha value is -1.26. The first-order chi connectivity index (χ1) is 10.2. The molecule has 1 N–H and O–H groups in total. The van der Waals surface area contributed by atoms with Gasteiger partial charge in [-0.3, -0.25) is 0 Å². The number of rotatable bonds is 11. The van der Waals surface area contributed by atoms with E-state index < -0.39 is 0 Å². The van der Waals surface area contributed by atoms with Crippen LogP contribution in [-0.2, 0) is 11.3 Å². The van der Waals surface area contributed by atoms with Gasteiger partial charge in [0.2, 0.25) is 0 Å². The fourth-order valence-electron chi connectivity index (χ4n) is 1.90. The molecule has 4 nitrogen and oxygen atoms in total. The van der Waals surface area contributed by atoms with Crippen molar-refractivity contribution in [3.63, 3.8) is 0 Å². The maximum absolute atomic E-state index is 5.90. The number of nitrogens with one attached hydrogen (secondary N) is 1. The van der Waals surface area contributed by atoms with E-state index in [1.807, 2.05) is 13.0 Å². The maximum Gasteiger partial charge on any atom is 0.161 e. The number of methoxy groups -OCH3 is 1. The van der Waals surface area contributed by atoms with Crippen molar-refractivity contribution < 1.29 is 14.2 Å². The molecule has 0 heterocycles. The third-order valence-electron chi connectivity index (χ3n) is 3.24. The van der Waals surface area contributed by atoms with Gasteiger partial charge >= 0.3 is 0 Å². The van der Waals surface area contributed by atoms with E-state index in [1.54, 1.807) is 7.11 Å². The molecule has 0 aliphatic carbocycles. The van der Waals surface area contributed by atoms with E-state index in [0.717, 1.165) is 44.0 Å². The molecular weight excluding hydrogens is 266 g/mol. The summed E-state index contributed by atoms with van der Waals surface area (Å²) >= 11 is 0. The Morgan fingerprint density at radius 3 is 2.67 bits per heavy atom. The Balaban J connectivity index is 2.60. The fraction of sp³-hybridized carbons (Fsp3) is 0.647. The molecule has 1 aromatic carbocycles. The minimum Gasteiger partial charge on any atom is -0.490 e. The van der Waals surface area contributed by atoms with Crippen molar-refractivity contribution in [3.05, 3.63) is 23.8 Å². The lowest BCUT2D eigenvalue weighted by molar-refractivity contribution is 0.194. The van der Waals surface area contributed by atoms with E-state index in [2.05, 4.69) is 31.3 Å². The summed E-state index contributed by atoms with van der Waals surface area (Å²) in [5.41, 5.74) is 1.20. The first-order valence-electron chi connectivity index (χ1n) is 7.83. The van der Waals surface area contributed by atoms with Crippen LogP contribution in [0, 0.1) is 0 Å². The van der Waals surface area contributed by atoms with Crippen molar-refractivity contribution in [1.29, 1.82) is 0 Å². The zero-order valence-electron chi connectivity index (χ0n) is 13.8. The summed E-state index contributed by atoms with van der Waals surface area (Å²) in [4.78, 5) is 0. The van der Waals surface area contributed by atoms with Gasteiger partial charge in [-0.15, -0.1) is 0 Å². The SMILES string of the molecule is CCOc1cc(CNCCCOC)ccc1OC(C)CC. The second-order valence-corrected chi connectivity index (χ2v) is 5.07. The molecule has 0 aliphatic rings. The molecule has 1 aromatic rings. The molecule has 0 aliphatic heterocycles. The molecule has 0 fully saturated rings. The summed E-state index contributed by atoms with van der Waals surface area (Å²) in [6, 6.07) is 6.15. The van der Waals surface area contributed by atoms with E-state index >= 15 is 0 Å². The molecule has 120 valence electrons. The van der Waals surface area contributed by atoms with Crippen molar-refractivity contribution in [2.24, 2.45) is 0 Å². The third kappa shape index (κ3) is 6.82. The number of hydrogen-bond donors (Lipinski definition) is 1. The topological polar surface area (TPSA) is 39.7 Å². The highest BCUT2D eigenvalue weighted by Gasteiger charge is 2.09. The van der Waals surface area contributed by atoms with Crippen LogP contribution in [0.15, 0.2) is 18.2 Å². The predicted octanol–water partition coefficient (Wildman–Crippen LogP) is 3.39. The van der Waals surface area contributed by atoms with Crippen molar-refractivity contribution in [1.82, 2.24) is 5.32 Å². The highest BCUT2D eigenvalue weighted by atomic mass is 16.5. The molecule has 0 saturated heterocycles. The van der Waals surface area contributed by atoms with Crippen LogP contribution in [0.3, 0.4) is 0 Å². The van der Waals surface area contributed by atoms with Gasteiger partial charge in [0, 0.05) is 20.3 Å². The molecule has 0 aromatic heterocycles. The van der Waals surface area contributed by atoms with Gasteiger partial charge in [-0.05, 0) is 50.9 Å². The highest BCUT2D eigenvalue weighted by Crippen LogP contribution is 2.29. The second-order valence-electron chi connectivity index (χ2n) is 5.07.